The number of nitrogens with zero attached hydrogens (tertiary/aromatic N) is 2. The zero-order chi connectivity index (χ0) is 11.1. The lowest BCUT2D eigenvalue weighted by Gasteiger charge is -2.15. The number of carboxylic acids is 1. The molecule has 2 N–H and O–H groups in total. The minimum Gasteiger partial charge on any atom is -0.478 e. The first-order valence-electron chi connectivity index (χ1n) is 5.23. The molecule has 1 aliphatic rings. The first kappa shape index (κ1) is 9.21. The summed E-state index contributed by atoms with van der Waals surface area (Å²) in [5, 5.41) is 12.1. The van der Waals surface area contributed by atoms with Crippen LogP contribution in [0.4, 0.5) is 5.95 Å². The van der Waals surface area contributed by atoms with Gasteiger partial charge >= 0.3 is 5.97 Å². The van der Waals surface area contributed by atoms with Crippen molar-refractivity contribution in [2.75, 3.05) is 11.9 Å². The Morgan fingerprint density at radius 2 is 2.38 bits per heavy atom. The van der Waals surface area contributed by atoms with Crippen LogP contribution >= 0.6 is 0 Å². The molecule has 5 heteroatoms. The van der Waals surface area contributed by atoms with E-state index in [1.54, 1.807) is 18.2 Å². The number of carbonyl (C=O) groups is 1. The van der Waals surface area contributed by atoms with Gasteiger partial charge in [0.1, 0.15) is 0 Å². The summed E-state index contributed by atoms with van der Waals surface area (Å²) in [5.41, 5.74) is 2.04. The summed E-state index contributed by atoms with van der Waals surface area (Å²) in [5.74, 6) is -0.0648. The highest BCUT2D eigenvalue weighted by atomic mass is 16.4. The quantitative estimate of drug-likeness (QED) is 0.760. The monoisotopic (exact) mass is 217 g/mol. The van der Waals surface area contributed by atoms with E-state index < -0.39 is 5.97 Å². The maximum Gasteiger partial charge on any atom is 0.335 e. The molecule has 5 nitrogen and oxygen atoms in total. The lowest BCUT2D eigenvalue weighted by Crippen LogP contribution is -2.17. The van der Waals surface area contributed by atoms with Crippen molar-refractivity contribution in [2.24, 2.45) is 0 Å². The van der Waals surface area contributed by atoms with Crippen molar-refractivity contribution in [3.63, 3.8) is 0 Å². The van der Waals surface area contributed by atoms with E-state index in [1.807, 2.05) is 4.57 Å². The Morgan fingerprint density at radius 3 is 3.19 bits per heavy atom. The van der Waals surface area contributed by atoms with Crippen LogP contribution in [0.2, 0.25) is 0 Å². The number of benzene rings is 1. The van der Waals surface area contributed by atoms with Gasteiger partial charge in [0.15, 0.2) is 0 Å². The number of aryl methyl sites for hydroxylation is 1. The molecule has 0 radical (unpaired) electrons. The molecule has 2 heterocycles. The van der Waals surface area contributed by atoms with E-state index in [1.165, 1.54) is 0 Å². The number of rotatable bonds is 1. The molecule has 0 atom stereocenters. The van der Waals surface area contributed by atoms with Crippen LogP contribution in [0.3, 0.4) is 0 Å². The SMILES string of the molecule is O=C(O)c1ccc2nc3n(c2c1)CCCN3. The van der Waals surface area contributed by atoms with E-state index in [0.29, 0.717) is 5.56 Å². The average molecular weight is 217 g/mol. The van der Waals surface area contributed by atoms with Gasteiger partial charge in [0.05, 0.1) is 16.6 Å². The first-order chi connectivity index (χ1) is 7.75. The van der Waals surface area contributed by atoms with E-state index in [0.717, 1.165) is 36.5 Å². The Kier molecular flexibility index (Phi) is 1.86. The van der Waals surface area contributed by atoms with Crippen LogP contribution in [-0.2, 0) is 6.54 Å². The Labute approximate surface area is 91.7 Å². The maximum atomic E-state index is 10.9. The number of imidazole rings is 1. The van der Waals surface area contributed by atoms with Crippen LogP contribution in [0.25, 0.3) is 11.0 Å². The molecule has 0 amide bonds. The van der Waals surface area contributed by atoms with Crippen molar-refractivity contribution in [3.8, 4) is 0 Å². The number of nitrogens with one attached hydrogen (secondary N) is 1. The molecule has 1 aliphatic heterocycles. The zero-order valence-corrected chi connectivity index (χ0v) is 8.60. The van der Waals surface area contributed by atoms with Crippen molar-refractivity contribution < 1.29 is 9.90 Å². The number of fused-ring (bicyclic) bond motifs is 3. The molecular weight excluding hydrogens is 206 g/mol. The van der Waals surface area contributed by atoms with Crippen LogP contribution in [-0.4, -0.2) is 27.2 Å². The minimum atomic E-state index is -0.902. The molecule has 2 aromatic rings. The standard InChI is InChI=1S/C11H11N3O2/c15-10(16)7-2-3-8-9(6-7)14-5-1-4-12-11(14)13-8/h2-3,6H,1,4-5H2,(H,12,13)(H,15,16). The number of hydrogen-bond donors (Lipinski definition) is 2. The van der Waals surface area contributed by atoms with Gasteiger partial charge in [0, 0.05) is 13.1 Å². The highest BCUT2D eigenvalue weighted by Gasteiger charge is 2.15. The van der Waals surface area contributed by atoms with E-state index in [9.17, 15) is 4.79 Å². The minimum absolute atomic E-state index is 0.306. The van der Waals surface area contributed by atoms with Crippen molar-refractivity contribution in [1.82, 2.24) is 9.55 Å². The fourth-order valence-electron chi connectivity index (χ4n) is 2.05. The molecule has 0 aliphatic carbocycles. The number of anilines is 1. The smallest absolute Gasteiger partial charge is 0.335 e. The fraction of sp³-hybridized carbons (Fsp3) is 0.273. The second kappa shape index (κ2) is 3.23. The van der Waals surface area contributed by atoms with E-state index >= 15 is 0 Å². The summed E-state index contributed by atoms with van der Waals surface area (Å²) >= 11 is 0. The Hall–Kier alpha value is -2.04. The van der Waals surface area contributed by atoms with Gasteiger partial charge < -0.3 is 15.0 Å². The average Bonchev–Trinajstić information content (AvgIpc) is 2.66. The number of aromatic nitrogens is 2. The molecule has 1 aromatic carbocycles. The molecule has 16 heavy (non-hydrogen) atoms. The Balaban J connectivity index is 2.25. The van der Waals surface area contributed by atoms with Gasteiger partial charge in [-0.15, -0.1) is 0 Å². The number of aromatic carboxylic acids is 1. The molecule has 1 aromatic heterocycles. The van der Waals surface area contributed by atoms with Crippen molar-refractivity contribution in [1.29, 1.82) is 0 Å². The molecular formula is C11H11N3O2. The van der Waals surface area contributed by atoms with Gasteiger partial charge in [-0.1, -0.05) is 0 Å². The lowest BCUT2D eigenvalue weighted by atomic mass is 10.2. The van der Waals surface area contributed by atoms with Crippen molar-refractivity contribution in [3.05, 3.63) is 23.8 Å². The molecule has 0 saturated heterocycles. The summed E-state index contributed by atoms with van der Waals surface area (Å²) in [6.07, 6.45) is 1.04. The zero-order valence-electron chi connectivity index (χ0n) is 8.60. The number of hydrogen-bond acceptors (Lipinski definition) is 3. The van der Waals surface area contributed by atoms with E-state index in [-0.39, 0.29) is 0 Å². The summed E-state index contributed by atoms with van der Waals surface area (Å²) in [6, 6.07) is 5.02. The highest BCUT2D eigenvalue weighted by molar-refractivity contribution is 5.93. The summed E-state index contributed by atoms with van der Waals surface area (Å²) < 4.78 is 2.03. The first-order valence-corrected chi connectivity index (χ1v) is 5.23. The Morgan fingerprint density at radius 1 is 1.50 bits per heavy atom. The van der Waals surface area contributed by atoms with Crippen LogP contribution in [0, 0.1) is 0 Å². The second-order valence-electron chi connectivity index (χ2n) is 3.88. The molecule has 0 fully saturated rings. The molecule has 3 rings (SSSR count). The van der Waals surface area contributed by atoms with Gasteiger partial charge in [-0.2, -0.15) is 0 Å². The largest absolute Gasteiger partial charge is 0.478 e. The third kappa shape index (κ3) is 1.25. The van der Waals surface area contributed by atoms with Crippen LogP contribution in [0.1, 0.15) is 16.8 Å². The Bertz CT molecular complexity index is 574. The molecule has 0 saturated carbocycles. The predicted octanol–water partition coefficient (Wildman–Crippen LogP) is 1.55. The van der Waals surface area contributed by atoms with Gasteiger partial charge in [-0.25, -0.2) is 9.78 Å². The van der Waals surface area contributed by atoms with E-state index in [4.69, 9.17) is 5.11 Å². The van der Waals surface area contributed by atoms with Gasteiger partial charge in [0.2, 0.25) is 5.95 Å². The predicted molar refractivity (Wildman–Crippen MR) is 59.8 cm³/mol. The van der Waals surface area contributed by atoms with Gasteiger partial charge in [0.25, 0.3) is 0 Å². The van der Waals surface area contributed by atoms with Crippen LogP contribution in [0.15, 0.2) is 18.2 Å². The topological polar surface area (TPSA) is 67.1 Å². The second-order valence-corrected chi connectivity index (χ2v) is 3.88. The van der Waals surface area contributed by atoms with Gasteiger partial charge in [-0.3, -0.25) is 0 Å². The molecule has 82 valence electrons. The van der Waals surface area contributed by atoms with Gasteiger partial charge in [-0.05, 0) is 24.6 Å². The third-order valence-electron chi connectivity index (χ3n) is 2.84. The van der Waals surface area contributed by atoms with Crippen molar-refractivity contribution >= 4 is 23.0 Å². The normalized spacial score (nSPS) is 14.5. The summed E-state index contributed by atoms with van der Waals surface area (Å²) in [6.45, 7) is 1.82. The molecule has 0 unspecified atom stereocenters. The summed E-state index contributed by atoms with van der Waals surface area (Å²) in [7, 11) is 0. The molecule has 0 spiro atoms. The highest BCUT2D eigenvalue weighted by Crippen LogP contribution is 2.23. The van der Waals surface area contributed by atoms with Crippen LogP contribution < -0.4 is 5.32 Å². The van der Waals surface area contributed by atoms with Crippen LogP contribution in [0.5, 0.6) is 0 Å². The molecule has 0 bridgehead atoms. The maximum absolute atomic E-state index is 10.9. The fourth-order valence-corrected chi connectivity index (χ4v) is 2.05. The number of carboxylic acid groups (broad SMARTS) is 1. The lowest BCUT2D eigenvalue weighted by molar-refractivity contribution is 0.0697. The summed E-state index contributed by atoms with van der Waals surface area (Å²) in [4.78, 5) is 15.3. The van der Waals surface area contributed by atoms with E-state index in [2.05, 4.69) is 10.3 Å². The van der Waals surface area contributed by atoms with Crippen molar-refractivity contribution in [2.45, 2.75) is 13.0 Å². The third-order valence-corrected chi connectivity index (χ3v) is 2.84.